The number of amides is 2. The Morgan fingerprint density at radius 1 is 1.05 bits per heavy atom. The number of carbonyl (C=O) groups excluding carboxylic acids is 2. The van der Waals surface area contributed by atoms with E-state index in [1.165, 1.54) is 0 Å². The number of aromatic nitrogens is 2. The molecule has 0 atom stereocenters. The average molecular weight is 554 g/mol. The van der Waals surface area contributed by atoms with Crippen LogP contribution in [0.2, 0.25) is 0 Å². The summed E-state index contributed by atoms with van der Waals surface area (Å²) in [5.74, 6) is -10.3. The number of halogens is 4. The van der Waals surface area contributed by atoms with Crippen LogP contribution in [-0.2, 0) is 19.5 Å². The van der Waals surface area contributed by atoms with Crippen LogP contribution in [-0.4, -0.2) is 28.7 Å². The van der Waals surface area contributed by atoms with E-state index in [1.807, 2.05) is 24.3 Å². The zero-order valence-electron chi connectivity index (χ0n) is 21.4. The van der Waals surface area contributed by atoms with E-state index < -0.39 is 46.4 Å². The van der Waals surface area contributed by atoms with Gasteiger partial charge in [0.2, 0.25) is 11.6 Å². The van der Waals surface area contributed by atoms with Crippen LogP contribution in [0.15, 0.2) is 42.5 Å². The number of ether oxygens (including phenoxy) is 1. The maximum Gasteiger partial charge on any atom is 0.258 e. The fraction of sp³-hybridized carbons (Fsp3) is 0.179. The number of nitrogens with one attached hydrogen (secondary N) is 2. The molecule has 8 nitrogen and oxygen atoms in total. The second-order valence-electron chi connectivity index (χ2n) is 9.18. The molecular weight excluding hydrogens is 530 g/mol. The molecule has 0 bridgehead atoms. The summed E-state index contributed by atoms with van der Waals surface area (Å²) in [6, 6.07) is 12.8. The molecule has 12 heteroatoms. The van der Waals surface area contributed by atoms with E-state index in [-0.39, 0.29) is 12.1 Å². The van der Waals surface area contributed by atoms with Gasteiger partial charge in [0.25, 0.3) is 11.8 Å². The third kappa shape index (κ3) is 4.51. The lowest BCUT2D eigenvalue weighted by atomic mass is 10.0. The molecule has 206 valence electrons. The first-order chi connectivity index (χ1) is 19.1. The van der Waals surface area contributed by atoms with Gasteiger partial charge in [-0.3, -0.25) is 9.59 Å². The molecule has 4 aromatic rings. The fourth-order valence-corrected chi connectivity index (χ4v) is 4.71. The van der Waals surface area contributed by atoms with Crippen molar-refractivity contribution in [3.05, 3.63) is 93.6 Å². The predicted octanol–water partition coefficient (Wildman–Crippen LogP) is 4.75. The molecule has 0 saturated heterocycles. The number of hydrogen-bond acceptors (Lipinski definition) is 5. The second kappa shape index (κ2) is 10.4. The van der Waals surface area contributed by atoms with Crippen LogP contribution in [0, 0.1) is 30.2 Å². The van der Waals surface area contributed by atoms with Crippen molar-refractivity contribution in [1.29, 1.82) is 0 Å². The lowest BCUT2D eigenvalue weighted by Gasteiger charge is -2.14. The van der Waals surface area contributed by atoms with Crippen molar-refractivity contribution in [2.45, 2.75) is 26.4 Å². The van der Waals surface area contributed by atoms with Crippen LogP contribution in [0.5, 0.6) is 5.75 Å². The molecule has 1 aliphatic rings. The van der Waals surface area contributed by atoms with Crippen LogP contribution in [0.25, 0.3) is 11.3 Å². The van der Waals surface area contributed by atoms with Crippen LogP contribution < -0.4 is 21.1 Å². The summed E-state index contributed by atoms with van der Waals surface area (Å²) in [6.45, 7) is 2.10. The molecule has 0 saturated carbocycles. The molecule has 5 rings (SSSR count). The van der Waals surface area contributed by atoms with Gasteiger partial charge in [-0.2, -0.15) is 9.49 Å². The van der Waals surface area contributed by atoms with Crippen molar-refractivity contribution in [2.75, 3.05) is 12.4 Å². The Bertz CT molecular complexity index is 1690. The van der Waals surface area contributed by atoms with E-state index >= 15 is 0 Å². The number of primary amides is 1. The number of hydrogen-bond donors (Lipinski definition) is 3. The SMILES string of the molecule is COc1c(F)c(F)c(F)c(F)c1C(=O)NCc1ccc(-c2nn3c(c2C(N)=O)Nc2ccccc2CC3)cc1C. The van der Waals surface area contributed by atoms with Crippen molar-refractivity contribution in [3.63, 3.8) is 0 Å². The molecule has 1 aromatic heterocycles. The van der Waals surface area contributed by atoms with Gasteiger partial charge in [-0.05, 0) is 42.2 Å². The highest BCUT2D eigenvalue weighted by molar-refractivity contribution is 6.04. The Hall–Kier alpha value is -4.87. The number of fused-ring (bicyclic) bond motifs is 2. The Morgan fingerprint density at radius 3 is 2.48 bits per heavy atom. The number of anilines is 2. The van der Waals surface area contributed by atoms with Crippen molar-refractivity contribution in [1.82, 2.24) is 15.1 Å². The third-order valence-corrected chi connectivity index (χ3v) is 6.77. The number of para-hydroxylation sites is 1. The van der Waals surface area contributed by atoms with Gasteiger partial charge in [0.15, 0.2) is 17.4 Å². The minimum Gasteiger partial charge on any atom is -0.493 e. The van der Waals surface area contributed by atoms with E-state index in [2.05, 4.69) is 20.5 Å². The molecule has 4 N–H and O–H groups in total. The zero-order valence-corrected chi connectivity index (χ0v) is 21.4. The van der Waals surface area contributed by atoms with Gasteiger partial charge >= 0.3 is 0 Å². The number of nitrogens with two attached hydrogens (primary N) is 1. The molecule has 2 heterocycles. The smallest absolute Gasteiger partial charge is 0.258 e. The summed E-state index contributed by atoms with van der Waals surface area (Å²) < 4.78 is 62.0. The maximum atomic E-state index is 14.3. The van der Waals surface area contributed by atoms with Gasteiger partial charge in [0.1, 0.15) is 22.6 Å². The van der Waals surface area contributed by atoms with Crippen LogP contribution in [0.3, 0.4) is 0 Å². The summed E-state index contributed by atoms with van der Waals surface area (Å²) in [7, 11) is 0.902. The molecule has 2 amide bonds. The molecule has 0 aliphatic carbocycles. The molecule has 0 fully saturated rings. The quantitative estimate of drug-likeness (QED) is 0.181. The van der Waals surface area contributed by atoms with Crippen molar-refractivity contribution in [3.8, 4) is 17.0 Å². The van der Waals surface area contributed by atoms with Crippen molar-refractivity contribution < 1.29 is 31.9 Å². The summed E-state index contributed by atoms with van der Waals surface area (Å²) in [5.41, 5.74) is 9.03. The summed E-state index contributed by atoms with van der Waals surface area (Å²) in [4.78, 5) is 25.2. The monoisotopic (exact) mass is 553 g/mol. The number of carbonyl (C=O) groups is 2. The molecular formula is C28H23F4N5O3. The zero-order chi connectivity index (χ0) is 28.7. The fourth-order valence-electron chi connectivity index (χ4n) is 4.71. The van der Waals surface area contributed by atoms with Gasteiger partial charge in [0, 0.05) is 24.3 Å². The minimum atomic E-state index is -2.12. The molecule has 40 heavy (non-hydrogen) atoms. The van der Waals surface area contributed by atoms with E-state index in [0.29, 0.717) is 41.2 Å². The predicted molar refractivity (Wildman–Crippen MR) is 138 cm³/mol. The Kier molecular flexibility index (Phi) is 6.92. The van der Waals surface area contributed by atoms with Gasteiger partial charge in [0.05, 0.1) is 7.11 Å². The molecule has 0 unspecified atom stereocenters. The molecule has 0 radical (unpaired) electrons. The average Bonchev–Trinajstić information content (AvgIpc) is 3.20. The summed E-state index contributed by atoms with van der Waals surface area (Å²) in [5, 5.41) is 10.3. The largest absolute Gasteiger partial charge is 0.493 e. The highest BCUT2D eigenvalue weighted by atomic mass is 19.2. The lowest BCUT2D eigenvalue weighted by molar-refractivity contribution is 0.0939. The van der Waals surface area contributed by atoms with E-state index in [9.17, 15) is 27.2 Å². The number of methoxy groups -OCH3 is 1. The second-order valence-corrected chi connectivity index (χ2v) is 9.18. The van der Waals surface area contributed by atoms with Gasteiger partial charge in [-0.25, -0.2) is 17.9 Å². The standard InChI is InChI=1S/C28H23F4N5O3/c1-13-11-15(24-19(26(33)38)27-35-17-6-4-3-5-14(17)9-10-37(27)36-24)7-8-16(13)12-34-28(39)18-20(29)21(30)22(31)23(32)25(18)40-2/h3-8,11,35H,9-10,12H2,1-2H3,(H2,33,38)(H,34,39). The highest BCUT2D eigenvalue weighted by Gasteiger charge is 2.30. The highest BCUT2D eigenvalue weighted by Crippen LogP contribution is 2.35. The van der Waals surface area contributed by atoms with Crippen molar-refractivity contribution in [2.24, 2.45) is 5.73 Å². The number of nitrogens with zero attached hydrogens (tertiary/aromatic N) is 2. The first-order valence-corrected chi connectivity index (χ1v) is 12.2. The van der Waals surface area contributed by atoms with Crippen molar-refractivity contribution >= 4 is 23.3 Å². The van der Waals surface area contributed by atoms with Gasteiger partial charge in [-0.15, -0.1) is 0 Å². The minimum absolute atomic E-state index is 0.158. The van der Waals surface area contributed by atoms with E-state index in [0.717, 1.165) is 18.4 Å². The number of aryl methyl sites for hydroxylation is 3. The molecule has 3 aromatic carbocycles. The maximum absolute atomic E-state index is 14.3. The van der Waals surface area contributed by atoms with Crippen LogP contribution >= 0.6 is 0 Å². The molecule has 1 aliphatic heterocycles. The molecule has 0 spiro atoms. The number of rotatable bonds is 6. The normalized spacial score (nSPS) is 12.2. The summed E-state index contributed by atoms with van der Waals surface area (Å²) in [6.07, 6.45) is 0.695. The Labute approximate surface area is 225 Å². The van der Waals surface area contributed by atoms with Crippen LogP contribution in [0.1, 0.15) is 37.4 Å². The first-order valence-electron chi connectivity index (χ1n) is 12.2. The lowest BCUT2D eigenvalue weighted by Crippen LogP contribution is -2.26. The topological polar surface area (TPSA) is 111 Å². The van der Waals surface area contributed by atoms with Crippen LogP contribution in [0.4, 0.5) is 29.1 Å². The Morgan fingerprint density at radius 2 is 1.77 bits per heavy atom. The summed E-state index contributed by atoms with van der Waals surface area (Å²) >= 11 is 0. The first kappa shape index (κ1) is 26.7. The Balaban J connectivity index is 1.42. The van der Waals surface area contributed by atoms with Gasteiger partial charge in [-0.1, -0.05) is 30.3 Å². The third-order valence-electron chi connectivity index (χ3n) is 6.77. The van der Waals surface area contributed by atoms with E-state index in [1.54, 1.807) is 29.8 Å². The number of benzene rings is 3. The van der Waals surface area contributed by atoms with Gasteiger partial charge < -0.3 is 21.1 Å². The van der Waals surface area contributed by atoms with E-state index in [4.69, 9.17) is 5.73 Å².